The maximum Gasteiger partial charge on any atom is 0.338 e. The molecule has 6 heteroatoms. The summed E-state index contributed by atoms with van der Waals surface area (Å²) in [6, 6.07) is 13.1. The first-order valence-electron chi connectivity index (χ1n) is 7.74. The molecule has 1 aromatic heterocycles. The van der Waals surface area contributed by atoms with Crippen LogP contribution in [0, 0.1) is 0 Å². The highest BCUT2D eigenvalue weighted by Gasteiger charge is 2.27. The second kappa shape index (κ2) is 5.92. The molecule has 122 valence electrons. The van der Waals surface area contributed by atoms with Crippen molar-refractivity contribution in [2.24, 2.45) is 0 Å². The maximum atomic E-state index is 12.2. The zero-order chi connectivity index (χ0) is 16.7. The molecule has 0 unspecified atom stereocenters. The second-order valence-corrected chi connectivity index (χ2v) is 6.44. The third kappa shape index (κ3) is 2.66. The Morgan fingerprint density at radius 2 is 2.04 bits per heavy atom. The van der Waals surface area contributed by atoms with Crippen molar-refractivity contribution >= 4 is 28.5 Å². The number of hydrogen-bond acceptors (Lipinski definition) is 4. The molecule has 4 rings (SSSR count). The van der Waals surface area contributed by atoms with E-state index in [1.54, 1.807) is 29.1 Å². The zero-order valence-corrected chi connectivity index (χ0v) is 13.9. The molecule has 1 fully saturated rings. The number of rotatable bonds is 3. The molecule has 0 N–H and O–H groups in total. The number of carbonyl (C=O) groups excluding carboxylic acids is 1. The lowest BCUT2D eigenvalue weighted by Gasteiger charge is -2.35. The summed E-state index contributed by atoms with van der Waals surface area (Å²) in [5.41, 5.74) is 2.15. The molecule has 0 radical (unpaired) electrons. The minimum absolute atomic E-state index is 0.0315. The summed E-state index contributed by atoms with van der Waals surface area (Å²) in [6.07, 6.45) is 1.76. The number of aromatic nitrogens is 2. The van der Waals surface area contributed by atoms with Gasteiger partial charge in [0.2, 0.25) is 0 Å². The summed E-state index contributed by atoms with van der Waals surface area (Å²) in [5.74, 6) is -0.341. The van der Waals surface area contributed by atoms with Gasteiger partial charge in [-0.25, -0.2) is 9.48 Å². The van der Waals surface area contributed by atoms with E-state index in [-0.39, 0.29) is 12.1 Å². The van der Waals surface area contributed by atoms with Gasteiger partial charge in [-0.3, -0.25) is 4.90 Å². The molecule has 1 aliphatic rings. The standard InChI is InChI=1S/C18H16ClN3O2/c1-21-10-14(11-21)24-18(23)12-6-7-17(15(19)8-12)22-16-5-3-2-4-13(16)9-20-22/h2-9,14H,10-11H2,1H3. The van der Waals surface area contributed by atoms with Crippen LogP contribution in [0.2, 0.25) is 5.02 Å². The average Bonchev–Trinajstić information content (AvgIpc) is 2.97. The van der Waals surface area contributed by atoms with Gasteiger partial charge in [-0.1, -0.05) is 29.8 Å². The van der Waals surface area contributed by atoms with Crippen LogP contribution >= 0.6 is 11.6 Å². The van der Waals surface area contributed by atoms with Crippen molar-refractivity contribution in [3.63, 3.8) is 0 Å². The predicted molar refractivity (Wildman–Crippen MR) is 92.8 cm³/mol. The number of para-hydroxylation sites is 1. The number of carbonyl (C=O) groups is 1. The number of likely N-dealkylation sites (N-methyl/N-ethyl adjacent to an activating group) is 1. The van der Waals surface area contributed by atoms with Crippen LogP contribution < -0.4 is 0 Å². The molecule has 1 aliphatic heterocycles. The molecule has 2 heterocycles. The minimum atomic E-state index is -0.341. The van der Waals surface area contributed by atoms with Crippen LogP contribution in [-0.2, 0) is 4.74 Å². The number of nitrogens with zero attached hydrogens (tertiary/aromatic N) is 3. The van der Waals surface area contributed by atoms with Gasteiger partial charge in [-0.05, 0) is 31.3 Å². The molecule has 2 aromatic carbocycles. The highest BCUT2D eigenvalue weighted by Crippen LogP contribution is 2.26. The van der Waals surface area contributed by atoms with Gasteiger partial charge < -0.3 is 4.74 Å². The topological polar surface area (TPSA) is 47.4 Å². The van der Waals surface area contributed by atoms with Gasteiger partial charge in [0.1, 0.15) is 6.10 Å². The average molecular weight is 342 g/mol. The van der Waals surface area contributed by atoms with Crippen molar-refractivity contribution in [3.8, 4) is 5.69 Å². The van der Waals surface area contributed by atoms with E-state index in [0.29, 0.717) is 10.6 Å². The van der Waals surface area contributed by atoms with Crippen LogP contribution in [-0.4, -0.2) is 46.9 Å². The fraction of sp³-hybridized carbons (Fsp3) is 0.222. The van der Waals surface area contributed by atoms with Gasteiger partial charge in [0.15, 0.2) is 0 Å². The molecule has 0 amide bonds. The first kappa shape index (κ1) is 15.2. The molecule has 0 spiro atoms. The van der Waals surface area contributed by atoms with Gasteiger partial charge in [-0.2, -0.15) is 5.10 Å². The van der Waals surface area contributed by atoms with Crippen LogP contribution in [0.1, 0.15) is 10.4 Å². The van der Waals surface area contributed by atoms with E-state index in [4.69, 9.17) is 16.3 Å². The number of ether oxygens (including phenoxy) is 1. The van der Waals surface area contributed by atoms with E-state index in [1.165, 1.54) is 0 Å². The van der Waals surface area contributed by atoms with Crippen molar-refractivity contribution in [1.29, 1.82) is 0 Å². The smallest absolute Gasteiger partial charge is 0.338 e. The highest BCUT2D eigenvalue weighted by atomic mass is 35.5. The van der Waals surface area contributed by atoms with Crippen molar-refractivity contribution in [2.75, 3.05) is 20.1 Å². The third-order valence-corrected chi connectivity index (χ3v) is 4.50. The molecule has 0 bridgehead atoms. The number of fused-ring (bicyclic) bond motifs is 1. The molecule has 24 heavy (non-hydrogen) atoms. The largest absolute Gasteiger partial charge is 0.456 e. The van der Waals surface area contributed by atoms with E-state index in [2.05, 4.69) is 10.00 Å². The molecule has 0 saturated carbocycles. The Morgan fingerprint density at radius 3 is 2.79 bits per heavy atom. The monoisotopic (exact) mass is 341 g/mol. The fourth-order valence-corrected chi connectivity index (χ4v) is 3.17. The van der Waals surface area contributed by atoms with Crippen molar-refractivity contribution < 1.29 is 9.53 Å². The Kier molecular flexibility index (Phi) is 3.75. The second-order valence-electron chi connectivity index (χ2n) is 6.03. The van der Waals surface area contributed by atoms with E-state index in [1.807, 2.05) is 31.3 Å². The van der Waals surface area contributed by atoms with Gasteiger partial charge in [0, 0.05) is 18.5 Å². The Balaban J connectivity index is 1.61. The number of esters is 1. The molecular formula is C18H16ClN3O2. The zero-order valence-electron chi connectivity index (χ0n) is 13.1. The van der Waals surface area contributed by atoms with E-state index in [9.17, 15) is 4.79 Å². The van der Waals surface area contributed by atoms with Gasteiger partial charge in [-0.15, -0.1) is 0 Å². The van der Waals surface area contributed by atoms with Gasteiger partial charge in [0.25, 0.3) is 0 Å². The summed E-state index contributed by atoms with van der Waals surface area (Å²) in [4.78, 5) is 14.3. The normalized spacial score (nSPS) is 15.4. The summed E-state index contributed by atoms with van der Waals surface area (Å²) >= 11 is 6.40. The maximum absolute atomic E-state index is 12.2. The summed E-state index contributed by atoms with van der Waals surface area (Å²) < 4.78 is 7.21. The SMILES string of the molecule is CN1CC(OC(=O)c2ccc(-n3ncc4ccccc43)c(Cl)c2)C1. The predicted octanol–water partition coefficient (Wildman–Crippen LogP) is 3.15. The van der Waals surface area contributed by atoms with Gasteiger partial charge in [0.05, 0.1) is 28.0 Å². The van der Waals surface area contributed by atoms with Crippen molar-refractivity contribution in [1.82, 2.24) is 14.7 Å². The van der Waals surface area contributed by atoms with Crippen LogP contribution in [0.5, 0.6) is 0 Å². The summed E-state index contributed by atoms with van der Waals surface area (Å²) in [6.45, 7) is 1.55. The Bertz CT molecular complexity index is 916. The number of benzene rings is 2. The first-order chi connectivity index (χ1) is 11.6. The quantitative estimate of drug-likeness (QED) is 0.687. The number of likely N-dealkylation sites (tertiary alicyclic amines) is 1. The van der Waals surface area contributed by atoms with Crippen molar-refractivity contribution in [2.45, 2.75) is 6.10 Å². The molecular weight excluding hydrogens is 326 g/mol. The lowest BCUT2D eigenvalue weighted by atomic mass is 10.1. The lowest BCUT2D eigenvalue weighted by Crippen LogP contribution is -2.50. The van der Waals surface area contributed by atoms with Crippen LogP contribution in [0.25, 0.3) is 16.6 Å². The third-order valence-electron chi connectivity index (χ3n) is 4.19. The Hall–Kier alpha value is -2.37. The van der Waals surface area contributed by atoms with Crippen LogP contribution in [0.4, 0.5) is 0 Å². The van der Waals surface area contributed by atoms with E-state index < -0.39 is 0 Å². The molecule has 0 atom stereocenters. The summed E-state index contributed by atoms with van der Waals surface area (Å²) in [5, 5.41) is 5.89. The van der Waals surface area contributed by atoms with E-state index >= 15 is 0 Å². The van der Waals surface area contributed by atoms with E-state index in [0.717, 1.165) is 29.7 Å². The molecule has 1 saturated heterocycles. The van der Waals surface area contributed by atoms with Crippen molar-refractivity contribution in [3.05, 3.63) is 59.2 Å². The number of halogens is 1. The van der Waals surface area contributed by atoms with Gasteiger partial charge >= 0.3 is 5.97 Å². The number of hydrogen-bond donors (Lipinski definition) is 0. The molecule has 3 aromatic rings. The highest BCUT2D eigenvalue weighted by molar-refractivity contribution is 6.32. The van der Waals surface area contributed by atoms with Crippen LogP contribution in [0.3, 0.4) is 0 Å². The van der Waals surface area contributed by atoms with Crippen LogP contribution in [0.15, 0.2) is 48.7 Å². The lowest BCUT2D eigenvalue weighted by molar-refractivity contribution is -0.0211. The molecule has 5 nitrogen and oxygen atoms in total. The first-order valence-corrected chi connectivity index (χ1v) is 8.12. The minimum Gasteiger partial charge on any atom is -0.456 e. The fourth-order valence-electron chi connectivity index (χ4n) is 2.91. The summed E-state index contributed by atoms with van der Waals surface area (Å²) in [7, 11) is 1.99. The Labute approximate surface area is 144 Å². The Morgan fingerprint density at radius 1 is 1.25 bits per heavy atom. The molecule has 0 aliphatic carbocycles.